The molecule has 0 saturated carbocycles. The molecule has 2 fully saturated rings. The van der Waals surface area contributed by atoms with Gasteiger partial charge in [0.25, 0.3) is 5.91 Å². The van der Waals surface area contributed by atoms with Crippen LogP contribution in [0.15, 0.2) is 30.7 Å². The first-order valence-electron chi connectivity index (χ1n) is 9.81. The maximum atomic E-state index is 12.9. The van der Waals surface area contributed by atoms with Gasteiger partial charge in [-0.3, -0.25) is 14.7 Å². The molecule has 0 aliphatic carbocycles. The Kier molecular flexibility index (Phi) is 5.16. The lowest BCUT2D eigenvalue weighted by Gasteiger charge is -2.22. The minimum atomic E-state index is 0.0905. The van der Waals surface area contributed by atoms with E-state index in [4.69, 9.17) is 0 Å². The summed E-state index contributed by atoms with van der Waals surface area (Å²) in [6.07, 6.45) is 7.76. The summed E-state index contributed by atoms with van der Waals surface area (Å²) in [5.74, 6) is 2.00. The van der Waals surface area contributed by atoms with Crippen molar-refractivity contribution in [1.29, 1.82) is 0 Å². The number of amides is 1. The van der Waals surface area contributed by atoms with Gasteiger partial charge in [0.05, 0.1) is 11.3 Å². The fourth-order valence-corrected chi connectivity index (χ4v) is 4.44. The number of carbonyl (C=O) groups excluding carboxylic acids is 1. The van der Waals surface area contributed by atoms with Crippen molar-refractivity contribution >= 4 is 5.91 Å². The highest BCUT2D eigenvalue weighted by atomic mass is 16.2. The predicted octanol–water partition coefficient (Wildman–Crippen LogP) is 2.47. The van der Waals surface area contributed by atoms with Crippen LogP contribution in [-0.2, 0) is 6.54 Å². The van der Waals surface area contributed by atoms with Crippen molar-refractivity contribution in [2.24, 2.45) is 11.8 Å². The van der Waals surface area contributed by atoms with Gasteiger partial charge in [0.2, 0.25) is 0 Å². The Hall–Kier alpha value is -2.34. The zero-order chi connectivity index (χ0) is 18.8. The van der Waals surface area contributed by atoms with Gasteiger partial charge >= 0.3 is 0 Å². The number of likely N-dealkylation sites (tertiary alicyclic amines) is 2. The van der Waals surface area contributed by atoms with E-state index in [1.807, 2.05) is 37.2 Å². The van der Waals surface area contributed by atoms with Crippen molar-refractivity contribution in [1.82, 2.24) is 24.8 Å². The second-order valence-electron chi connectivity index (χ2n) is 7.86. The maximum Gasteiger partial charge on any atom is 0.257 e. The van der Waals surface area contributed by atoms with E-state index < -0.39 is 0 Å². The third kappa shape index (κ3) is 4.00. The van der Waals surface area contributed by atoms with Gasteiger partial charge in [0.15, 0.2) is 0 Å². The van der Waals surface area contributed by atoms with Crippen LogP contribution >= 0.6 is 0 Å². The Morgan fingerprint density at radius 2 is 1.89 bits per heavy atom. The summed E-state index contributed by atoms with van der Waals surface area (Å²) in [5, 5.41) is 0. The van der Waals surface area contributed by atoms with Crippen LogP contribution in [-0.4, -0.2) is 56.8 Å². The number of carbonyl (C=O) groups is 1. The number of fused-ring (bicyclic) bond motifs is 1. The molecular formula is C21H27N5O. The standard InChI is InChI=1S/C21H27N5O/c1-15-20(11-23-16(2)24-15)21(27)26-13-18-5-8-25(9-6-19(18)14-26)12-17-4-3-7-22-10-17/h3-4,7,10-11,18-19H,5-6,8-9,12-14H2,1-2H3/t18-,19+. The number of aryl methyl sites for hydroxylation is 2. The first-order chi connectivity index (χ1) is 13.1. The molecule has 2 aromatic rings. The molecule has 2 saturated heterocycles. The fraction of sp³-hybridized carbons (Fsp3) is 0.524. The van der Waals surface area contributed by atoms with E-state index in [0.717, 1.165) is 51.3 Å². The molecular weight excluding hydrogens is 338 g/mol. The van der Waals surface area contributed by atoms with Crippen molar-refractivity contribution in [2.75, 3.05) is 26.2 Å². The lowest BCUT2D eigenvalue weighted by molar-refractivity contribution is 0.0778. The van der Waals surface area contributed by atoms with E-state index in [1.165, 1.54) is 5.56 Å². The quantitative estimate of drug-likeness (QED) is 0.836. The summed E-state index contributed by atoms with van der Waals surface area (Å²) in [4.78, 5) is 30.3. The first kappa shape index (κ1) is 18.0. The Morgan fingerprint density at radius 3 is 2.52 bits per heavy atom. The lowest BCUT2D eigenvalue weighted by Crippen LogP contribution is -2.31. The second kappa shape index (κ2) is 7.72. The highest BCUT2D eigenvalue weighted by Crippen LogP contribution is 2.33. The van der Waals surface area contributed by atoms with E-state index in [1.54, 1.807) is 6.20 Å². The molecule has 0 spiro atoms. The number of hydrogen-bond acceptors (Lipinski definition) is 5. The van der Waals surface area contributed by atoms with Crippen molar-refractivity contribution < 1.29 is 4.79 Å². The molecule has 0 bridgehead atoms. The molecule has 0 radical (unpaired) electrons. The summed E-state index contributed by atoms with van der Waals surface area (Å²) < 4.78 is 0. The molecule has 0 unspecified atom stereocenters. The topological polar surface area (TPSA) is 62.2 Å². The second-order valence-corrected chi connectivity index (χ2v) is 7.86. The van der Waals surface area contributed by atoms with E-state index >= 15 is 0 Å². The van der Waals surface area contributed by atoms with Crippen LogP contribution in [0.1, 0.15) is 40.3 Å². The number of hydrogen-bond donors (Lipinski definition) is 0. The zero-order valence-electron chi connectivity index (χ0n) is 16.1. The van der Waals surface area contributed by atoms with E-state index in [0.29, 0.717) is 23.2 Å². The number of pyridine rings is 1. The average molecular weight is 365 g/mol. The Labute approximate surface area is 160 Å². The molecule has 2 atom stereocenters. The largest absolute Gasteiger partial charge is 0.338 e. The van der Waals surface area contributed by atoms with Gasteiger partial charge in [-0.15, -0.1) is 0 Å². The van der Waals surface area contributed by atoms with Crippen LogP contribution in [0.2, 0.25) is 0 Å². The van der Waals surface area contributed by atoms with Gasteiger partial charge < -0.3 is 4.90 Å². The van der Waals surface area contributed by atoms with Gasteiger partial charge in [0.1, 0.15) is 5.82 Å². The van der Waals surface area contributed by atoms with E-state index in [2.05, 4.69) is 25.9 Å². The maximum absolute atomic E-state index is 12.9. The molecule has 0 aromatic carbocycles. The zero-order valence-corrected chi connectivity index (χ0v) is 16.1. The number of nitrogens with zero attached hydrogens (tertiary/aromatic N) is 5. The third-order valence-corrected chi connectivity index (χ3v) is 5.96. The van der Waals surface area contributed by atoms with Crippen LogP contribution in [0.5, 0.6) is 0 Å². The lowest BCUT2D eigenvalue weighted by atomic mass is 9.92. The van der Waals surface area contributed by atoms with Crippen molar-refractivity contribution in [2.45, 2.75) is 33.2 Å². The van der Waals surface area contributed by atoms with E-state index in [9.17, 15) is 4.79 Å². The molecule has 1 amide bonds. The van der Waals surface area contributed by atoms with Crippen molar-refractivity contribution in [3.8, 4) is 0 Å². The fourth-order valence-electron chi connectivity index (χ4n) is 4.44. The van der Waals surface area contributed by atoms with Crippen molar-refractivity contribution in [3.63, 3.8) is 0 Å². The molecule has 142 valence electrons. The molecule has 6 nitrogen and oxygen atoms in total. The van der Waals surface area contributed by atoms with Gasteiger partial charge in [-0.05, 0) is 63.2 Å². The molecule has 27 heavy (non-hydrogen) atoms. The summed E-state index contributed by atoms with van der Waals surface area (Å²) in [6, 6.07) is 4.15. The summed E-state index contributed by atoms with van der Waals surface area (Å²) in [6.45, 7) is 8.61. The summed E-state index contributed by atoms with van der Waals surface area (Å²) in [7, 11) is 0. The summed E-state index contributed by atoms with van der Waals surface area (Å²) in [5.41, 5.74) is 2.70. The van der Waals surface area contributed by atoms with E-state index in [-0.39, 0.29) is 5.91 Å². The Balaban J connectivity index is 1.37. The van der Waals surface area contributed by atoms with Crippen LogP contribution in [0.3, 0.4) is 0 Å². The monoisotopic (exact) mass is 365 g/mol. The minimum absolute atomic E-state index is 0.0905. The van der Waals surface area contributed by atoms with Gasteiger partial charge in [-0.1, -0.05) is 6.07 Å². The Bertz CT molecular complexity index is 793. The van der Waals surface area contributed by atoms with Crippen LogP contribution in [0.25, 0.3) is 0 Å². The Morgan fingerprint density at radius 1 is 1.15 bits per heavy atom. The van der Waals surface area contributed by atoms with Crippen LogP contribution in [0.4, 0.5) is 0 Å². The molecule has 2 aliphatic heterocycles. The molecule has 4 heterocycles. The molecule has 0 N–H and O–H groups in total. The highest BCUT2D eigenvalue weighted by Gasteiger charge is 2.37. The van der Waals surface area contributed by atoms with Gasteiger partial charge in [0, 0.05) is 38.2 Å². The first-order valence-corrected chi connectivity index (χ1v) is 9.81. The SMILES string of the molecule is Cc1ncc(C(=O)N2C[C@H]3CCN(Cc4cccnc4)CC[C@H]3C2)c(C)n1. The third-order valence-electron chi connectivity index (χ3n) is 5.96. The van der Waals surface area contributed by atoms with Gasteiger partial charge in [-0.2, -0.15) is 0 Å². The minimum Gasteiger partial charge on any atom is -0.338 e. The van der Waals surface area contributed by atoms with Gasteiger partial charge in [-0.25, -0.2) is 9.97 Å². The van der Waals surface area contributed by atoms with Crippen LogP contribution in [0, 0.1) is 25.7 Å². The molecule has 4 rings (SSSR count). The normalized spacial score (nSPS) is 23.1. The number of rotatable bonds is 3. The predicted molar refractivity (Wildman–Crippen MR) is 103 cm³/mol. The molecule has 2 aromatic heterocycles. The highest BCUT2D eigenvalue weighted by molar-refractivity contribution is 5.95. The summed E-state index contributed by atoms with van der Waals surface area (Å²) >= 11 is 0. The van der Waals surface area contributed by atoms with Crippen LogP contribution < -0.4 is 0 Å². The average Bonchev–Trinajstić information content (AvgIpc) is 2.99. The molecule has 2 aliphatic rings. The van der Waals surface area contributed by atoms with Crippen molar-refractivity contribution in [3.05, 3.63) is 53.4 Å². The smallest absolute Gasteiger partial charge is 0.257 e. The number of aromatic nitrogens is 3. The molecule has 6 heteroatoms.